The molecule has 0 aromatic rings. The molecule has 0 aromatic carbocycles. The molecule has 0 spiro atoms. The standard InChI is InChI=1S/C9H18N2O2S/c10-8-2-1-6-11(7-5-8)14(12,13)9-3-4-9/h8-9H,1-7,10H2. The molecule has 2 rings (SSSR count). The molecule has 0 radical (unpaired) electrons. The number of nitrogens with zero attached hydrogens (tertiary/aromatic N) is 1. The molecule has 2 aliphatic rings. The van der Waals surface area contributed by atoms with Gasteiger partial charge in [0, 0.05) is 19.1 Å². The monoisotopic (exact) mass is 218 g/mol. The van der Waals surface area contributed by atoms with Crippen LogP contribution in [-0.4, -0.2) is 37.1 Å². The van der Waals surface area contributed by atoms with Crippen molar-refractivity contribution in [2.45, 2.75) is 43.4 Å². The van der Waals surface area contributed by atoms with Crippen LogP contribution in [0.2, 0.25) is 0 Å². The van der Waals surface area contributed by atoms with Gasteiger partial charge in [-0.2, -0.15) is 0 Å². The minimum atomic E-state index is -2.96. The van der Waals surface area contributed by atoms with Crippen molar-refractivity contribution >= 4 is 10.0 Å². The van der Waals surface area contributed by atoms with Crippen molar-refractivity contribution in [2.24, 2.45) is 5.73 Å². The molecular weight excluding hydrogens is 200 g/mol. The second kappa shape index (κ2) is 3.79. The molecule has 4 nitrogen and oxygen atoms in total. The van der Waals surface area contributed by atoms with E-state index in [1.54, 1.807) is 4.31 Å². The van der Waals surface area contributed by atoms with E-state index in [9.17, 15) is 8.42 Å². The van der Waals surface area contributed by atoms with Crippen LogP contribution in [-0.2, 0) is 10.0 Å². The summed E-state index contributed by atoms with van der Waals surface area (Å²) >= 11 is 0. The lowest BCUT2D eigenvalue weighted by Crippen LogP contribution is -2.35. The second-order valence-electron chi connectivity index (χ2n) is 4.33. The predicted molar refractivity (Wildman–Crippen MR) is 55.3 cm³/mol. The Hall–Kier alpha value is -0.130. The zero-order valence-corrected chi connectivity index (χ0v) is 9.17. The summed E-state index contributed by atoms with van der Waals surface area (Å²) in [5.41, 5.74) is 5.81. The first-order valence-electron chi connectivity index (χ1n) is 5.35. The van der Waals surface area contributed by atoms with Crippen LogP contribution in [0, 0.1) is 0 Å². The maximum absolute atomic E-state index is 11.9. The molecule has 5 heteroatoms. The molecule has 0 aromatic heterocycles. The first kappa shape index (κ1) is 10.4. The Morgan fingerprint density at radius 1 is 1.07 bits per heavy atom. The second-order valence-corrected chi connectivity index (χ2v) is 6.55. The van der Waals surface area contributed by atoms with E-state index in [-0.39, 0.29) is 11.3 Å². The van der Waals surface area contributed by atoms with Crippen molar-refractivity contribution in [3.8, 4) is 0 Å². The molecule has 0 amide bonds. The van der Waals surface area contributed by atoms with Gasteiger partial charge in [-0.3, -0.25) is 0 Å². The Morgan fingerprint density at radius 3 is 2.43 bits per heavy atom. The highest BCUT2D eigenvalue weighted by Gasteiger charge is 2.40. The highest BCUT2D eigenvalue weighted by molar-refractivity contribution is 7.90. The van der Waals surface area contributed by atoms with Crippen LogP contribution in [0.1, 0.15) is 32.1 Å². The number of hydrogen-bond acceptors (Lipinski definition) is 3. The topological polar surface area (TPSA) is 63.4 Å². The van der Waals surface area contributed by atoms with Gasteiger partial charge in [0.1, 0.15) is 0 Å². The first-order chi connectivity index (χ1) is 6.60. The first-order valence-corrected chi connectivity index (χ1v) is 6.85. The van der Waals surface area contributed by atoms with E-state index in [1.807, 2.05) is 0 Å². The Bertz CT molecular complexity index is 298. The van der Waals surface area contributed by atoms with Crippen molar-refractivity contribution in [3.05, 3.63) is 0 Å². The van der Waals surface area contributed by atoms with Crippen LogP contribution in [0.3, 0.4) is 0 Å². The van der Waals surface area contributed by atoms with Crippen LogP contribution in [0.25, 0.3) is 0 Å². The molecule has 1 unspecified atom stereocenters. The molecule has 82 valence electrons. The number of hydrogen-bond donors (Lipinski definition) is 1. The van der Waals surface area contributed by atoms with Gasteiger partial charge in [0.2, 0.25) is 10.0 Å². The van der Waals surface area contributed by atoms with Crippen molar-refractivity contribution < 1.29 is 8.42 Å². The molecule has 2 N–H and O–H groups in total. The predicted octanol–water partition coefficient (Wildman–Crippen LogP) is 0.292. The van der Waals surface area contributed by atoms with Crippen LogP contribution >= 0.6 is 0 Å². The van der Waals surface area contributed by atoms with E-state index in [1.165, 1.54) is 0 Å². The van der Waals surface area contributed by atoms with Crippen molar-refractivity contribution in [2.75, 3.05) is 13.1 Å². The number of nitrogens with two attached hydrogens (primary N) is 1. The zero-order valence-electron chi connectivity index (χ0n) is 8.35. The molecule has 1 atom stereocenters. The van der Waals surface area contributed by atoms with Gasteiger partial charge in [0.15, 0.2) is 0 Å². The minimum absolute atomic E-state index is 0.0724. The molecule has 1 saturated carbocycles. The maximum atomic E-state index is 11.9. The molecule has 1 aliphatic carbocycles. The molecule has 14 heavy (non-hydrogen) atoms. The van der Waals surface area contributed by atoms with E-state index < -0.39 is 10.0 Å². The van der Waals surface area contributed by atoms with Gasteiger partial charge in [0.25, 0.3) is 0 Å². The highest BCUT2D eigenvalue weighted by Crippen LogP contribution is 2.31. The lowest BCUT2D eigenvalue weighted by molar-refractivity contribution is 0.420. The van der Waals surface area contributed by atoms with Crippen molar-refractivity contribution in [3.63, 3.8) is 0 Å². The van der Waals surface area contributed by atoms with Crippen molar-refractivity contribution in [1.82, 2.24) is 4.31 Å². The third-order valence-corrected chi connectivity index (χ3v) is 5.44. The summed E-state index contributed by atoms with van der Waals surface area (Å²) in [5.74, 6) is 0. The van der Waals surface area contributed by atoms with Gasteiger partial charge in [-0.25, -0.2) is 12.7 Å². The molecule has 1 saturated heterocycles. The van der Waals surface area contributed by atoms with Gasteiger partial charge >= 0.3 is 0 Å². The summed E-state index contributed by atoms with van der Waals surface area (Å²) in [4.78, 5) is 0. The normalized spacial score (nSPS) is 31.4. The average molecular weight is 218 g/mol. The van der Waals surface area contributed by atoms with Crippen LogP contribution < -0.4 is 5.73 Å². The van der Waals surface area contributed by atoms with Crippen LogP contribution in [0.4, 0.5) is 0 Å². The fraction of sp³-hybridized carbons (Fsp3) is 1.00. The lowest BCUT2D eigenvalue weighted by Gasteiger charge is -2.19. The Labute approximate surface area is 85.5 Å². The number of sulfonamides is 1. The van der Waals surface area contributed by atoms with Gasteiger partial charge in [0.05, 0.1) is 5.25 Å². The van der Waals surface area contributed by atoms with Crippen molar-refractivity contribution in [1.29, 1.82) is 0 Å². The number of rotatable bonds is 2. The third-order valence-electron chi connectivity index (χ3n) is 3.04. The minimum Gasteiger partial charge on any atom is -0.328 e. The third kappa shape index (κ3) is 2.10. The molecule has 1 heterocycles. The smallest absolute Gasteiger partial charge is 0.216 e. The molecule has 0 bridgehead atoms. The van der Waals surface area contributed by atoms with Gasteiger partial charge < -0.3 is 5.73 Å². The maximum Gasteiger partial charge on any atom is 0.216 e. The van der Waals surface area contributed by atoms with E-state index >= 15 is 0 Å². The molecule has 1 aliphatic heterocycles. The van der Waals surface area contributed by atoms with Crippen LogP contribution in [0.15, 0.2) is 0 Å². The van der Waals surface area contributed by atoms with E-state index in [0.29, 0.717) is 13.1 Å². The summed E-state index contributed by atoms with van der Waals surface area (Å²) in [6.45, 7) is 1.30. The fourth-order valence-electron chi connectivity index (χ4n) is 1.93. The van der Waals surface area contributed by atoms with Gasteiger partial charge in [-0.05, 0) is 32.1 Å². The summed E-state index contributed by atoms with van der Waals surface area (Å²) in [7, 11) is -2.96. The molecule has 2 fully saturated rings. The zero-order chi connectivity index (χ0) is 10.2. The summed E-state index contributed by atoms with van der Waals surface area (Å²) in [5, 5.41) is -0.0724. The summed E-state index contributed by atoms with van der Waals surface area (Å²) in [6, 6.07) is 0.189. The van der Waals surface area contributed by atoms with Gasteiger partial charge in [-0.15, -0.1) is 0 Å². The quantitative estimate of drug-likeness (QED) is 0.724. The summed E-state index contributed by atoms with van der Waals surface area (Å²) in [6.07, 6.45) is 4.38. The highest BCUT2D eigenvalue weighted by atomic mass is 32.2. The Balaban J connectivity index is 2.03. The Kier molecular flexibility index (Phi) is 2.81. The fourth-order valence-corrected chi connectivity index (χ4v) is 3.82. The largest absolute Gasteiger partial charge is 0.328 e. The average Bonchev–Trinajstić information content (AvgIpc) is 2.89. The SMILES string of the molecule is NC1CCCN(S(=O)(=O)C2CC2)CC1. The summed E-state index contributed by atoms with van der Waals surface area (Å²) < 4.78 is 25.4. The van der Waals surface area contributed by atoms with E-state index in [4.69, 9.17) is 5.73 Å². The lowest BCUT2D eigenvalue weighted by atomic mass is 10.1. The van der Waals surface area contributed by atoms with Gasteiger partial charge in [-0.1, -0.05) is 0 Å². The molecular formula is C9H18N2O2S. The van der Waals surface area contributed by atoms with E-state index in [2.05, 4.69) is 0 Å². The van der Waals surface area contributed by atoms with E-state index in [0.717, 1.165) is 32.1 Å². The van der Waals surface area contributed by atoms with Crippen LogP contribution in [0.5, 0.6) is 0 Å². The Morgan fingerprint density at radius 2 is 1.79 bits per heavy atom.